The van der Waals surface area contributed by atoms with Crippen molar-refractivity contribution in [3.8, 4) is 5.75 Å². The molecule has 1 saturated carbocycles. The zero-order chi connectivity index (χ0) is 23.1. The first-order valence-corrected chi connectivity index (χ1v) is 12.2. The Hall–Kier alpha value is -2.34. The molecular formula is C26H33BrN2O3. The predicted molar refractivity (Wildman–Crippen MR) is 131 cm³/mol. The van der Waals surface area contributed by atoms with Crippen molar-refractivity contribution in [2.24, 2.45) is 0 Å². The molecule has 172 valence electrons. The van der Waals surface area contributed by atoms with Gasteiger partial charge in [-0.05, 0) is 62.4 Å². The Kier molecular flexibility index (Phi) is 8.74. The average Bonchev–Trinajstić information content (AvgIpc) is 2.80. The highest BCUT2D eigenvalue weighted by Crippen LogP contribution is 2.26. The van der Waals surface area contributed by atoms with Gasteiger partial charge in [0.2, 0.25) is 5.91 Å². The van der Waals surface area contributed by atoms with E-state index in [2.05, 4.69) is 21.2 Å². The van der Waals surface area contributed by atoms with Crippen molar-refractivity contribution < 1.29 is 14.3 Å². The van der Waals surface area contributed by atoms with Crippen molar-refractivity contribution in [2.45, 2.75) is 71.5 Å². The van der Waals surface area contributed by atoms with E-state index in [4.69, 9.17) is 4.74 Å². The molecule has 1 fully saturated rings. The normalized spacial score (nSPS) is 15.1. The van der Waals surface area contributed by atoms with Gasteiger partial charge < -0.3 is 15.0 Å². The average molecular weight is 501 g/mol. The summed E-state index contributed by atoms with van der Waals surface area (Å²) in [6, 6.07) is 13.2. The lowest BCUT2D eigenvalue weighted by Gasteiger charge is -2.31. The summed E-state index contributed by atoms with van der Waals surface area (Å²) in [5.41, 5.74) is 3.08. The lowest BCUT2D eigenvalue weighted by atomic mass is 9.95. The zero-order valence-corrected chi connectivity index (χ0v) is 20.8. The summed E-state index contributed by atoms with van der Waals surface area (Å²) in [5.74, 6) is 0.338. The first-order chi connectivity index (χ1) is 15.3. The Balaban J connectivity index is 1.70. The fourth-order valence-corrected chi connectivity index (χ4v) is 4.38. The number of benzene rings is 2. The van der Waals surface area contributed by atoms with Crippen LogP contribution in [0.2, 0.25) is 0 Å². The van der Waals surface area contributed by atoms with Crippen molar-refractivity contribution in [3.63, 3.8) is 0 Å². The molecular weight excluding hydrogens is 468 g/mol. The fraction of sp³-hybridized carbons (Fsp3) is 0.462. The van der Waals surface area contributed by atoms with Gasteiger partial charge in [0.15, 0.2) is 6.61 Å². The number of carbonyl (C=O) groups excluding carboxylic acids is 2. The van der Waals surface area contributed by atoms with Crippen LogP contribution in [-0.2, 0) is 16.1 Å². The highest BCUT2D eigenvalue weighted by molar-refractivity contribution is 9.10. The third-order valence-electron chi connectivity index (χ3n) is 6.09. The summed E-state index contributed by atoms with van der Waals surface area (Å²) in [6.07, 6.45) is 5.54. The van der Waals surface area contributed by atoms with Crippen molar-refractivity contribution in [2.75, 3.05) is 6.61 Å². The minimum atomic E-state index is -0.582. The van der Waals surface area contributed by atoms with Gasteiger partial charge in [0, 0.05) is 17.1 Å². The number of halogens is 1. The highest BCUT2D eigenvalue weighted by atomic mass is 79.9. The number of hydrogen-bond acceptors (Lipinski definition) is 3. The number of hydrogen-bond donors (Lipinski definition) is 1. The molecule has 6 heteroatoms. The summed E-state index contributed by atoms with van der Waals surface area (Å²) in [7, 11) is 0. The molecule has 0 unspecified atom stereocenters. The molecule has 2 aromatic rings. The largest absolute Gasteiger partial charge is 0.484 e. The molecule has 2 aromatic carbocycles. The first-order valence-electron chi connectivity index (χ1n) is 11.4. The topological polar surface area (TPSA) is 58.6 Å². The smallest absolute Gasteiger partial charge is 0.261 e. The minimum Gasteiger partial charge on any atom is -0.484 e. The van der Waals surface area contributed by atoms with Crippen LogP contribution in [0, 0.1) is 13.8 Å². The maximum Gasteiger partial charge on any atom is 0.261 e. The fourth-order valence-electron chi connectivity index (χ4n) is 4.15. The monoisotopic (exact) mass is 500 g/mol. The third-order valence-corrected chi connectivity index (χ3v) is 7.34. The molecule has 1 aliphatic carbocycles. The number of carbonyl (C=O) groups is 2. The van der Waals surface area contributed by atoms with E-state index < -0.39 is 6.04 Å². The van der Waals surface area contributed by atoms with Gasteiger partial charge in [-0.1, -0.05) is 65.5 Å². The van der Waals surface area contributed by atoms with Gasteiger partial charge >= 0.3 is 0 Å². The lowest BCUT2D eigenvalue weighted by Crippen LogP contribution is -2.51. The van der Waals surface area contributed by atoms with E-state index in [9.17, 15) is 9.59 Å². The number of ether oxygens (including phenoxy) is 1. The van der Waals surface area contributed by atoms with Crippen LogP contribution in [0.5, 0.6) is 5.75 Å². The van der Waals surface area contributed by atoms with Crippen LogP contribution in [0.25, 0.3) is 0 Å². The molecule has 0 heterocycles. The quantitative estimate of drug-likeness (QED) is 0.534. The van der Waals surface area contributed by atoms with Crippen LogP contribution in [0.3, 0.4) is 0 Å². The van der Waals surface area contributed by atoms with E-state index in [-0.39, 0.29) is 24.5 Å². The Labute approximate surface area is 199 Å². The summed E-state index contributed by atoms with van der Waals surface area (Å²) in [5, 5.41) is 3.16. The Morgan fingerprint density at radius 3 is 2.34 bits per heavy atom. The van der Waals surface area contributed by atoms with E-state index in [1.165, 1.54) is 6.42 Å². The second kappa shape index (κ2) is 11.5. The molecule has 0 aromatic heterocycles. The van der Waals surface area contributed by atoms with Crippen LogP contribution < -0.4 is 10.1 Å². The molecule has 0 aliphatic heterocycles. The van der Waals surface area contributed by atoms with Gasteiger partial charge in [-0.3, -0.25) is 9.59 Å². The third kappa shape index (κ3) is 6.58. The molecule has 2 amide bonds. The van der Waals surface area contributed by atoms with Crippen molar-refractivity contribution >= 4 is 27.7 Å². The number of nitrogens with zero attached hydrogens (tertiary/aromatic N) is 1. The predicted octanol–water partition coefficient (Wildman–Crippen LogP) is 5.31. The second-order valence-electron chi connectivity index (χ2n) is 8.69. The van der Waals surface area contributed by atoms with E-state index in [1.807, 2.05) is 56.3 Å². The molecule has 0 saturated heterocycles. The molecule has 1 N–H and O–H groups in total. The maximum absolute atomic E-state index is 13.2. The van der Waals surface area contributed by atoms with E-state index in [0.29, 0.717) is 12.3 Å². The molecule has 1 atom stereocenters. The molecule has 5 nitrogen and oxygen atoms in total. The maximum atomic E-state index is 13.2. The van der Waals surface area contributed by atoms with E-state index in [1.54, 1.807) is 11.8 Å². The number of rotatable bonds is 8. The molecule has 32 heavy (non-hydrogen) atoms. The Morgan fingerprint density at radius 1 is 1.09 bits per heavy atom. The van der Waals surface area contributed by atoms with E-state index in [0.717, 1.165) is 46.8 Å². The summed E-state index contributed by atoms with van der Waals surface area (Å²) in [4.78, 5) is 27.8. The van der Waals surface area contributed by atoms with Crippen molar-refractivity contribution in [1.82, 2.24) is 10.2 Å². The minimum absolute atomic E-state index is 0.100. The molecule has 3 rings (SSSR count). The SMILES string of the molecule is Cc1cc(OCC(=O)N(Cc2ccccc2)[C@H](C)C(=O)NC2CCCCC2)cc(C)c1Br. The molecule has 1 aliphatic rings. The second-order valence-corrected chi connectivity index (χ2v) is 9.48. The first kappa shape index (κ1) is 24.3. The summed E-state index contributed by atoms with van der Waals surface area (Å²) >= 11 is 3.55. The molecule has 0 bridgehead atoms. The summed E-state index contributed by atoms with van der Waals surface area (Å²) in [6.45, 7) is 6.03. The number of aryl methyl sites for hydroxylation is 2. The van der Waals surface area contributed by atoms with Crippen LogP contribution >= 0.6 is 15.9 Å². The lowest BCUT2D eigenvalue weighted by molar-refractivity contribution is -0.142. The van der Waals surface area contributed by atoms with Gasteiger partial charge in [0.25, 0.3) is 5.91 Å². The van der Waals surface area contributed by atoms with Gasteiger partial charge in [-0.2, -0.15) is 0 Å². The number of amides is 2. The van der Waals surface area contributed by atoms with Crippen molar-refractivity contribution in [1.29, 1.82) is 0 Å². The Bertz CT molecular complexity index is 903. The van der Waals surface area contributed by atoms with E-state index >= 15 is 0 Å². The van der Waals surface area contributed by atoms with Crippen LogP contribution in [0.1, 0.15) is 55.7 Å². The molecule has 0 spiro atoms. The van der Waals surface area contributed by atoms with Crippen LogP contribution in [-0.4, -0.2) is 35.4 Å². The van der Waals surface area contributed by atoms with Gasteiger partial charge in [-0.15, -0.1) is 0 Å². The Morgan fingerprint density at radius 2 is 1.72 bits per heavy atom. The molecule has 0 radical (unpaired) electrons. The van der Waals surface area contributed by atoms with Crippen LogP contribution in [0.15, 0.2) is 46.9 Å². The standard InChI is InChI=1S/C26H33BrN2O3/c1-18-14-23(15-19(2)25(18)27)32-17-24(30)29(16-21-10-6-4-7-11-21)20(3)26(31)28-22-12-8-5-9-13-22/h4,6-7,10-11,14-15,20,22H,5,8-9,12-13,16-17H2,1-3H3,(H,28,31)/t20-/m1/s1. The van der Waals surface area contributed by atoms with Crippen LogP contribution in [0.4, 0.5) is 0 Å². The van der Waals surface area contributed by atoms with Gasteiger partial charge in [0.1, 0.15) is 11.8 Å². The van der Waals surface area contributed by atoms with Crippen molar-refractivity contribution in [3.05, 3.63) is 63.6 Å². The summed E-state index contributed by atoms with van der Waals surface area (Å²) < 4.78 is 6.88. The highest BCUT2D eigenvalue weighted by Gasteiger charge is 2.28. The van der Waals surface area contributed by atoms with Gasteiger partial charge in [0.05, 0.1) is 0 Å². The zero-order valence-electron chi connectivity index (χ0n) is 19.2. The number of nitrogens with one attached hydrogen (secondary N) is 1. The van der Waals surface area contributed by atoms with Gasteiger partial charge in [-0.25, -0.2) is 0 Å².